The lowest BCUT2D eigenvalue weighted by molar-refractivity contribution is 0.240. The van der Waals surface area contributed by atoms with Gasteiger partial charge < -0.3 is 15.2 Å². The smallest absolute Gasteiger partial charge is 0.143 e. The molecule has 0 unspecified atom stereocenters. The summed E-state index contributed by atoms with van der Waals surface area (Å²) in [6.45, 7) is 4.41. The van der Waals surface area contributed by atoms with Crippen LogP contribution in [0, 0.1) is 0 Å². The van der Waals surface area contributed by atoms with Crippen LogP contribution in [0.5, 0.6) is 11.5 Å². The highest BCUT2D eigenvalue weighted by molar-refractivity contribution is 6.35. The lowest BCUT2D eigenvalue weighted by Gasteiger charge is -2.17. The second-order valence-electron chi connectivity index (χ2n) is 4.94. The molecule has 0 amide bonds. The minimum absolute atomic E-state index is 0.0242. The molecule has 2 rings (SSSR count). The molecule has 0 aliphatic carbocycles. The Kier molecular flexibility index (Phi) is 5.21. The van der Waals surface area contributed by atoms with Gasteiger partial charge in [0.05, 0.1) is 11.1 Å². The van der Waals surface area contributed by atoms with Crippen molar-refractivity contribution >= 4 is 28.9 Å². The molecule has 0 radical (unpaired) electrons. The van der Waals surface area contributed by atoms with E-state index < -0.39 is 0 Å². The number of hydrogen-bond acceptors (Lipinski definition) is 3. The van der Waals surface area contributed by atoms with Gasteiger partial charge in [0.1, 0.15) is 11.5 Å². The second kappa shape index (κ2) is 6.92. The van der Waals surface area contributed by atoms with Crippen LogP contribution in [0.2, 0.25) is 10.0 Å². The summed E-state index contributed by atoms with van der Waals surface area (Å²) in [5.41, 5.74) is 1.77. The Morgan fingerprint density at radius 2 is 1.81 bits per heavy atom. The van der Waals surface area contributed by atoms with Gasteiger partial charge in [-0.15, -0.1) is 0 Å². The fourth-order valence-electron chi connectivity index (χ4n) is 1.89. The molecule has 0 saturated heterocycles. The molecule has 112 valence electrons. The first-order valence-electron chi connectivity index (χ1n) is 6.63. The van der Waals surface area contributed by atoms with E-state index in [0.29, 0.717) is 22.3 Å². The highest BCUT2D eigenvalue weighted by Crippen LogP contribution is 2.33. The second-order valence-corrected chi connectivity index (χ2v) is 5.79. The standard InChI is InChI=1S/C16H17Cl2NO2/c1-10(2)21-16-11(7-12(17)8-15(16)18)9-19-13-3-5-14(20)6-4-13/h3-8,10,19-20H,9H2,1-2H3. The Bertz CT molecular complexity index is 612. The van der Waals surface area contributed by atoms with Crippen LogP contribution in [0.3, 0.4) is 0 Å². The van der Waals surface area contributed by atoms with E-state index in [-0.39, 0.29) is 11.9 Å². The lowest BCUT2D eigenvalue weighted by Crippen LogP contribution is -2.10. The SMILES string of the molecule is CC(C)Oc1c(Cl)cc(Cl)cc1CNc1ccc(O)cc1. The minimum Gasteiger partial charge on any atom is -0.508 e. The number of anilines is 1. The molecule has 3 nitrogen and oxygen atoms in total. The summed E-state index contributed by atoms with van der Waals surface area (Å²) in [7, 11) is 0. The van der Waals surface area contributed by atoms with E-state index in [1.54, 1.807) is 30.3 Å². The normalized spacial score (nSPS) is 10.7. The van der Waals surface area contributed by atoms with Crippen LogP contribution in [0.25, 0.3) is 0 Å². The third-order valence-electron chi connectivity index (χ3n) is 2.79. The van der Waals surface area contributed by atoms with Crippen LogP contribution in [0.4, 0.5) is 5.69 Å². The van der Waals surface area contributed by atoms with Crippen molar-refractivity contribution in [3.63, 3.8) is 0 Å². The number of hydrogen-bond donors (Lipinski definition) is 2. The summed E-state index contributed by atoms with van der Waals surface area (Å²) in [4.78, 5) is 0. The molecule has 0 spiro atoms. The van der Waals surface area contributed by atoms with Crippen molar-refractivity contribution in [1.29, 1.82) is 0 Å². The maximum absolute atomic E-state index is 9.28. The zero-order chi connectivity index (χ0) is 15.4. The van der Waals surface area contributed by atoms with Gasteiger partial charge in [-0.05, 0) is 50.2 Å². The number of phenolic OH excluding ortho intramolecular Hbond substituents is 1. The number of nitrogens with one attached hydrogen (secondary N) is 1. The van der Waals surface area contributed by atoms with Crippen molar-refractivity contribution in [2.24, 2.45) is 0 Å². The zero-order valence-electron chi connectivity index (χ0n) is 11.9. The van der Waals surface area contributed by atoms with E-state index in [1.807, 2.05) is 19.9 Å². The van der Waals surface area contributed by atoms with Crippen LogP contribution < -0.4 is 10.1 Å². The van der Waals surface area contributed by atoms with Gasteiger partial charge in [0, 0.05) is 22.8 Å². The summed E-state index contributed by atoms with van der Waals surface area (Å²) in [6, 6.07) is 10.3. The Balaban J connectivity index is 2.19. The summed E-state index contributed by atoms with van der Waals surface area (Å²) in [5, 5.41) is 13.6. The molecule has 0 aromatic heterocycles. The van der Waals surface area contributed by atoms with Gasteiger partial charge in [0.15, 0.2) is 0 Å². The lowest BCUT2D eigenvalue weighted by atomic mass is 10.2. The highest BCUT2D eigenvalue weighted by atomic mass is 35.5. The predicted octanol–water partition coefficient (Wildman–Crippen LogP) is 5.10. The highest BCUT2D eigenvalue weighted by Gasteiger charge is 2.12. The summed E-state index contributed by atoms with van der Waals surface area (Å²) in [6.07, 6.45) is 0.0242. The Hall–Kier alpha value is -1.58. The molecule has 0 atom stereocenters. The molecule has 0 saturated carbocycles. The Labute approximate surface area is 134 Å². The van der Waals surface area contributed by atoms with E-state index in [4.69, 9.17) is 27.9 Å². The van der Waals surface area contributed by atoms with Crippen LogP contribution in [-0.4, -0.2) is 11.2 Å². The van der Waals surface area contributed by atoms with E-state index in [2.05, 4.69) is 5.32 Å². The van der Waals surface area contributed by atoms with Crippen molar-refractivity contribution < 1.29 is 9.84 Å². The maximum atomic E-state index is 9.28. The molecule has 2 aromatic rings. The summed E-state index contributed by atoms with van der Waals surface area (Å²) in [5.74, 6) is 0.873. The summed E-state index contributed by atoms with van der Waals surface area (Å²) < 4.78 is 5.77. The number of rotatable bonds is 5. The number of halogens is 2. The molecular weight excluding hydrogens is 309 g/mol. The molecule has 5 heteroatoms. The van der Waals surface area contributed by atoms with Crippen LogP contribution in [0.1, 0.15) is 19.4 Å². The topological polar surface area (TPSA) is 41.5 Å². The molecule has 21 heavy (non-hydrogen) atoms. The average Bonchev–Trinajstić information content (AvgIpc) is 2.41. The monoisotopic (exact) mass is 325 g/mol. The van der Waals surface area contributed by atoms with Gasteiger partial charge in [0.2, 0.25) is 0 Å². The number of ether oxygens (including phenoxy) is 1. The van der Waals surface area contributed by atoms with Gasteiger partial charge in [-0.1, -0.05) is 23.2 Å². The molecule has 2 aromatic carbocycles. The van der Waals surface area contributed by atoms with Gasteiger partial charge in [-0.3, -0.25) is 0 Å². The van der Waals surface area contributed by atoms with Crippen molar-refractivity contribution in [2.75, 3.05) is 5.32 Å². The number of benzene rings is 2. The maximum Gasteiger partial charge on any atom is 0.143 e. The average molecular weight is 326 g/mol. The molecule has 0 heterocycles. The van der Waals surface area contributed by atoms with E-state index in [9.17, 15) is 5.11 Å². The van der Waals surface area contributed by atoms with Crippen molar-refractivity contribution in [2.45, 2.75) is 26.5 Å². The molecule has 0 aliphatic rings. The van der Waals surface area contributed by atoms with Crippen molar-refractivity contribution in [1.82, 2.24) is 0 Å². The van der Waals surface area contributed by atoms with Crippen LogP contribution >= 0.6 is 23.2 Å². The van der Waals surface area contributed by atoms with Crippen molar-refractivity contribution in [3.8, 4) is 11.5 Å². The van der Waals surface area contributed by atoms with Crippen LogP contribution in [0.15, 0.2) is 36.4 Å². The number of aromatic hydroxyl groups is 1. The van der Waals surface area contributed by atoms with Crippen LogP contribution in [-0.2, 0) is 6.54 Å². The fourth-order valence-corrected chi connectivity index (χ4v) is 2.47. The van der Waals surface area contributed by atoms with Gasteiger partial charge in [0.25, 0.3) is 0 Å². The van der Waals surface area contributed by atoms with Gasteiger partial charge in [-0.2, -0.15) is 0 Å². The largest absolute Gasteiger partial charge is 0.508 e. The molecule has 0 bridgehead atoms. The molecule has 0 fully saturated rings. The predicted molar refractivity (Wildman–Crippen MR) is 87.7 cm³/mol. The number of phenols is 1. The quantitative estimate of drug-likeness (QED) is 0.751. The fraction of sp³-hybridized carbons (Fsp3) is 0.250. The minimum atomic E-state index is 0.0242. The van der Waals surface area contributed by atoms with Gasteiger partial charge >= 0.3 is 0 Å². The van der Waals surface area contributed by atoms with E-state index >= 15 is 0 Å². The first-order chi connectivity index (χ1) is 9.95. The van der Waals surface area contributed by atoms with Crippen molar-refractivity contribution in [3.05, 3.63) is 52.0 Å². The molecule has 2 N–H and O–H groups in total. The third-order valence-corrected chi connectivity index (χ3v) is 3.29. The summed E-state index contributed by atoms with van der Waals surface area (Å²) >= 11 is 12.3. The third kappa shape index (κ3) is 4.45. The molecular formula is C16H17Cl2NO2. The van der Waals surface area contributed by atoms with E-state index in [1.165, 1.54) is 0 Å². The Morgan fingerprint density at radius 1 is 1.14 bits per heavy atom. The van der Waals surface area contributed by atoms with Gasteiger partial charge in [-0.25, -0.2) is 0 Å². The molecule has 0 aliphatic heterocycles. The zero-order valence-corrected chi connectivity index (χ0v) is 13.4. The van der Waals surface area contributed by atoms with E-state index in [0.717, 1.165) is 11.3 Å². The Morgan fingerprint density at radius 3 is 2.43 bits per heavy atom. The first kappa shape index (κ1) is 15.8. The first-order valence-corrected chi connectivity index (χ1v) is 7.39.